The second-order valence-electron chi connectivity index (χ2n) is 5.02. The largest absolute Gasteiger partial charge is 0.481 e. The molecule has 1 atom stereocenters. The number of hydrogen-bond acceptors (Lipinski definition) is 2. The predicted molar refractivity (Wildman–Crippen MR) is 80.1 cm³/mol. The molecule has 0 aromatic heterocycles. The van der Waals surface area contributed by atoms with Crippen LogP contribution in [0.4, 0.5) is 10.5 Å². The van der Waals surface area contributed by atoms with Crippen molar-refractivity contribution in [2.24, 2.45) is 5.92 Å². The maximum Gasteiger partial charge on any atom is 0.321 e. The van der Waals surface area contributed by atoms with Gasteiger partial charge in [-0.15, -0.1) is 12.3 Å². The Balaban J connectivity index is 2.12. The number of hydrogen-bond donors (Lipinski definition) is 2. The van der Waals surface area contributed by atoms with Crippen LogP contribution in [0.2, 0.25) is 0 Å². The lowest BCUT2D eigenvalue weighted by Crippen LogP contribution is -2.47. The second-order valence-corrected chi connectivity index (χ2v) is 5.02. The van der Waals surface area contributed by atoms with Gasteiger partial charge in [-0.1, -0.05) is 18.2 Å². The number of carboxylic acids is 1. The summed E-state index contributed by atoms with van der Waals surface area (Å²) in [6, 6.07) is 7.13. The number of nitrogens with zero attached hydrogens (tertiary/aromatic N) is 1. The van der Waals surface area contributed by atoms with Crippen molar-refractivity contribution in [3.63, 3.8) is 0 Å². The Morgan fingerprint density at radius 3 is 2.90 bits per heavy atom. The minimum Gasteiger partial charge on any atom is -0.481 e. The fourth-order valence-electron chi connectivity index (χ4n) is 2.43. The van der Waals surface area contributed by atoms with Crippen molar-refractivity contribution < 1.29 is 14.7 Å². The van der Waals surface area contributed by atoms with Crippen LogP contribution in [-0.2, 0) is 11.2 Å². The maximum atomic E-state index is 12.3. The number of carboxylic acid groups (broad SMARTS) is 1. The van der Waals surface area contributed by atoms with Crippen LogP contribution in [0.3, 0.4) is 0 Å². The highest BCUT2D eigenvalue weighted by Gasteiger charge is 2.31. The van der Waals surface area contributed by atoms with Crippen molar-refractivity contribution in [3.05, 3.63) is 29.8 Å². The van der Waals surface area contributed by atoms with Crippen LogP contribution in [0.1, 0.15) is 18.4 Å². The zero-order valence-corrected chi connectivity index (χ0v) is 11.7. The Kier molecular flexibility index (Phi) is 4.83. The zero-order valence-electron chi connectivity index (χ0n) is 11.7. The second kappa shape index (κ2) is 6.80. The number of aliphatic carboxylic acids is 1. The van der Waals surface area contributed by atoms with E-state index in [1.165, 1.54) is 4.90 Å². The third kappa shape index (κ3) is 3.54. The molecular formula is C16H18N2O3. The predicted octanol–water partition coefficient (Wildman–Crippen LogP) is 1.87. The van der Waals surface area contributed by atoms with Crippen LogP contribution >= 0.6 is 0 Å². The molecule has 1 unspecified atom stereocenters. The van der Waals surface area contributed by atoms with Gasteiger partial charge < -0.3 is 10.4 Å². The van der Waals surface area contributed by atoms with Crippen LogP contribution in [0, 0.1) is 18.3 Å². The molecule has 5 nitrogen and oxygen atoms in total. The summed E-state index contributed by atoms with van der Waals surface area (Å²) in [6.07, 6.45) is 6.93. The lowest BCUT2D eigenvalue weighted by Gasteiger charge is -2.32. The molecule has 0 fully saturated rings. The first-order valence-electron chi connectivity index (χ1n) is 6.93. The van der Waals surface area contributed by atoms with Gasteiger partial charge in [0.1, 0.15) is 0 Å². The summed E-state index contributed by atoms with van der Waals surface area (Å²) in [6.45, 7) is 0.673. The average molecular weight is 286 g/mol. The molecular weight excluding hydrogens is 268 g/mol. The van der Waals surface area contributed by atoms with Crippen molar-refractivity contribution in [3.8, 4) is 12.3 Å². The quantitative estimate of drug-likeness (QED) is 0.656. The molecule has 1 aromatic carbocycles. The number of nitrogens with one attached hydrogen (secondary N) is 1. The molecule has 21 heavy (non-hydrogen) atoms. The zero-order chi connectivity index (χ0) is 15.2. The van der Waals surface area contributed by atoms with Crippen molar-refractivity contribution in [2.45, 2.75) is 19.3 Å². The normalized spacial score (nSPS) is 16.7. The van der Waals surface area contributed by atoms with E-state index in [1.807, 2.05) is 24.3 Å². The molecule has 0 aliphatic carbocycles. The fraction of sp³-hybridized carbons (Fsp3) is 0.375. The van der Waals surface area contributed by atoms with Crippen molar-refractivity contribution in [1.29, 1.82) is 0 Å². The fourth-order valence-corrected chi connectivity index (χ4v) is 2.43. The molecule has 0 spiro atoms. The highest BCUT2D eigenvalue weighted by atomic mass is 16.4. The van der Waals surface area contributed by atoms with Crippen LogP contribution in [-0.4, -0.2) is 30.2 Å². The van der Waals surface area contributed by atoms with E-state index in [0.717, 1.165) is 11.3 Å². The van der Waals surface area contributed by atoms with Gasteiger partial charge in [-0.05, 0) is 24.5 Å². The van der Waals surface area contributed by atoms with Gasteiger partial charge in [0, 0.05) is 25.2 Å². The van der Waals surface area contributed by atoms with E-state index in [0.29, 0.717) is 25.8 Å². The summed E-state index contributed by atoms with van der Waals surface area (Å²) in [5, 5.41) is 12.0. The Bertz CT molecular complexity index is 577. The monoisotopic (exact) mass is 286 g/mol. The summed E-state index contributed by atoms with van der Waals surface area (Å²) in [7, 11) is 0. The van der Waals surface area contributed by atoms with E-state index in [1.54, 1.807) is 0 Å². The molecule has 1 heterocycles. The number of anilines is 1. The van der Waals surface area contributed by atoms with Crippen LogP contribution < -0.4 is 10.2 Å². The minimum absolute atomic E-state index is 0.188. The Morgan fingerprint density at radius 1 is 1.43 bits per heavy atom. The van der Waals surface area contributed by atoms with Crippen LogP contribution in [0.15, 0.2) is 24.3 Å². The molecule has 1 aliphatic rings. The number of para-hydroxylation sites is 1. The van der Waals surface area contributed by atoms with E-state index in [-0.39, 0.29) is 12.6 Å². The van der Waals surface area contributed by atoms with Crippen LogP contribution in [0.25, 0.3) is 0 Å². The summed E-state index contributed by atoms with van der Waals surface area (Å²) >= 11 is 0. The number of urea groups is 1. The average Bonchev–Trinajstić information content (AvgIpc) is 2.50. The molecule has 0 saturated heterocycles. The van der Waals surface area contributed by atoms with Gasteiger partial charge in [-0.2, -0.15) is 0 Å². The minimum atomic E-state index is -0.880. The first kappa shape index (κ1) is 14.9. The highest BCUT2D eigenvalue weighted by molar-refractivity contribution is 5.94. The van der Waals surface area contributed by atoms with Gasteiger partial charge in [0.05, 0.1) is 5.92 Å². The van der Waals surface area contributed by atoms with Gasteiger partial charge in [0.15, 0.2) is 0 Å². The van der Waals surface area contributed by atoms with Gasteiger partial charge in [0.2, 0.25) is 0 Å². The molecule has 1 aliphatic heterocycles. The van der Waals surface area contributed by atoms with Gasteiger partial charge in [-0.25, -0.2) is 4.79 Å². The Morgan fingerprint density at radius 2 is 2.19 bits per heavy atom. The van der Waals surface area contributed by atoms with Crippen LogP contribution in [0.5, 0.6) is 0 Å². The molecule has 2 N–H and O–H groups in total. The maximum absolute atomic E-state index is 12.3. The standard InChI is InChI=1S/C16H18N2O3/c1-2-3-6-9-17-16(21)18-11-13(15(19)20)10-12-7-4-5-8-14(12)18/h1,4-5,7-8,13H,3,6,9-11H2,(H,17,21)(H,19,20). The van der Waals surface area contributed by atoms with E-state index < -0.39 is 11.9 Å². The molecule has 0 saturated carbocycles. The molecule has 110 valence electrons. The molecule has 2 rings (SSSR count). The Hall–Kier alpha value is -2.48. The molecule has 5 heteroatoms. The highest BCUT2D eigenvalue weighted by Crippen LogP contribution is 2.29. The summed E-state index contributed by atoms with van der Waals surface area (Å²) in [4.78, 5) is 25.0. The number of unbranched alkanes of at least 4 members (excludes halogenated alkanes) is 1. The number of carbonyl (C=O) groups excluding carboxylic acids is 1. The number of fused-ring (bicyclic) bond motifs is 1. The van der Waals surface area contributed by atoms with Crippen molar-refractivity contribution in [2.75, 3.05) is 18.0 Å². The van der Waals surface area contributed by atoms with Gasteiger partial charge >= 0.3 is 12.0 Å². The van der Waals surface area contributed by atoms with E-state index in [2.05, 4.69) is 11.2 Å². The molecule has 1 aromatic rings. The lowest BCUT2D eigenvalue weighted by molar-refractivity contribution is -0.141. The molecule has 0 radical (unpaired) electrons. The number of carbonyl (C=O) groups is 2. The Labute approximate surface area is 124 Å². The number of rotatable bonds is 4. The van der Waals surface area contributed by atoms with E-state index >= 15 is 0 Å². The smallest absolute Gasteiger partial charge is 0.321 e. The van der Waals surface area contributed by atoms with Crippen molar-refractivity contribution >= 4 is 17.7 Å². The van der Waals surface area contributed by atoms with Crippen molar-refractivity contribution in [1.82, 2.24) is 5.32 Å². The third-order valence-corrected chi connectivity index (χ3v) is 3.52. The lowest BCUT2D eigenvalue weighted by atomic mass is 9.93. The molecule has 2 amide bonds. The topological polar surface area (TPSA) is 69.6 Å². The summed E-state index contributed by atoms with van der Waals surface area (Å²) in [5.74, 6) is 1.06. The SMILES string of the molecule is C#CCCCNC(=O)N1CC(C(=O)O)Cc2ccccc21. The molecule has 0 bridgehead atoms. The van der Waals surface area contributed by atoms with Gasteiger partial charge in [0.25, 0.3) is 0 Å². The first-order chi connectivity index (χ1) is 10.1. The van der Waals surface area contributed by atoms with Gasteiger partial charge in [-0.3, -0.25) is 9.69 Å². The summed E-state index contributed by atoms with van der Waals surface area (Å²) < 4.78 is 0. The van der Waals surface area contributed by atoms with E-state index in [9.17, 15) is 14.7 Å². The number of amides is 2. The third-order valence-electron chi connectivity index (χ3n) is 3.52. The van der Waals surface area contributed by atoms with E-state index in [4.69, 9.17) is 6.42 Å². The number of benzene rings is 1. The summed E-state index contributed by atoms with van der Waals surface area (Å²) in [5.41, 5.74) is 1.67. The first-order valence-corrected chi connectivity index (χ1v) is 6.93. The number of terminal acetylenes is 1.